The summed E-state index contributed by atoms with van der Waals surface area (Å²) in [7, 11) is 0. The van der Waals surface area contributed by atoms with Gasteiger partial charge in [0.1, 0.15) is 5.70 Å². The second kappa shape index (κ2) is 12.5. The van der Waals surface area contributed by atoms with E-state index in [1.807, 2.05) is 13.8 Å². The van der Waals surface area contributed by atoms with Crippen LogP contribution in [-0.4, -0.2) is 19.0 Å². The lowest BCUT2D eigenvalue weighted by Crippen LogP contribution is -2.20. The molecule has 0 radical (unpaired) electrons. The molecule has 0 unspecified atom stereocenters. The lowest BCUT2D eigenvalue weighted by Gasteiger charge is -2.26. The molecule has 0 aromatic carbocycles. The van der Waals surface area contributed by atoms with Crippen molar-refractivity contribution in [2.75, 3.05) is 6.54 Å². The van der Waals surface area contributed by atoms with Gasteiger partial charge < -0.3 is 5.73 Å². The van der Waals surface area contributed by atoms with Crippen LogP contribution in [0.15, 0.2) is 57.3 Å². The van der Waals surface area contributed by atoms with E-state index in [4.69, 9.17) is 5.73 Å². The Hall–Kier alpha value is -1.90. The van der Waals surface area contributed by atoms with Gasteiger partial charge in [-0.3, -0.25) is 9.98 Å². The fourth-order valence-corrected chi connectivity index (χ4v) is 3.97. The summed E-state index contributed by atoms with van der Waals surface area (Å²) in [5.74, 6) is 0.757. The van der Waals surface area contributed by atoms with Crippen molar-refractivity contribution in [2.45, 2.75) is 79.6 Å². The summed E-state index contributed by atoms with van der Waals surface area (Å²) in [6.07, 6.45) is 19.9. The molecule has 0 amide bonds. The van der Waals surface area contributed by atoms with Gasteiger partial charge >= 0.3 is 0 Å². The molecule has 1 aliphatic rings. The average molecular weight is 384 g/mol. The molecule has 1 saturated carbocycles. The Balaban J connectivity index is 2.92. The smallest absolute Gasteiger partial charge is 0.102 e. The highest BCUT2D eigenvalue weighted by Crippen LogP contribution is 2.32. The van der Waals surface area contributed by atoms with E-state index in [-0.39, 0.29) is 5.41 Å². The molecule has 0 atom stereocenters. The fourth-order valence-electron chi connectivity index (χ4n) is 3.97. The van der Waals surface area contributed by atoms with Crippen LogP contribution in [0, 0.1) is 11.3 Å². The highest BCUT2D eigenvalue weighted by molar-refractivity contribution is 6.01. The molecule has 0 heterocycles. The van der Waals surface area contributed by atoms with Gasteiger partial charge in [-0.15, -0.1) is 0 Å². The van der Waals surface area contributed by atoms with Crippen LogP contribution in [0.1, 0.15) is 79.6 Å². The highest BCUT2D eigenvalue weighted by atomic mass is 14.8. The van der Waals surface area contributed by atoms with E-state index in [0.717, 1.165) is 36.7 Å². The standard InChI is InChI=1S/C25H41N3/c1-7-13-22(17-12-16-21-14-10-9-11-15-21)18-25(4,5)19-23(28-8-2)24(27-6)20(3)26/h7,12-13,16-17,21H,6,8-11,14-15,18-19,26H2,1-5H3/b13-7-,16-12+,22-17+,24-20-,28-23?. The fraction of sp³-hybridized carbons (Fsp3) is 0.600. The third-order valence-corrected chi connectivity index (χ3v) is 5.21. The van der Waals surface area contributed by atoms with Crippen molar-refractivity contribution in [3.8, 4) is 0 Å². The summed E-state index contributed by atoms with van der Waals surface area (Å²) in [6, 6.07) is 0. The van der Waals surface area contributed by atoms with Gasteiger partial charge in [0.05, 0.1) is 5.71 Å². The van der Waals surface area contributed by atoms with Gasteiger partial charge in [-0.2, -0.15) is 0 Å². The zero-order valence-electron chi connectivity index (χ0n) is 18.8. The first kappa shape index (κ1) is 24.1. The molecule has 0 saturated heterocycles. The van der Waals surface area contributed by atoms with Gasteiger partial charge in [0.2, 0.25) is 0 Å². The minimum Gasteiger partial charge on any atom is -0.400 e. The first-order chi connectivity index (χ1) is 13.3. The summed E-state index contributed by atoms with van der Waals surface area (Å²) >= 11 is 0. The Morgan fingerprint density at radius 1 is 1.18 bits per heavy atom. The Labute approximate surface area is 173 Å². The van der Waals surface area contributed by atoms with Gasteiger partial charge in [-0.05, 0) is 70.1 Å². The van der Waals surface area contributed by atoms with E-state index in [1.54, 1.807) is 0 Å². The molecule has 1 rings (SSSR count). The SMILES string of the molecule is C=N/C(C(CC(C)(C)CC(/C=C\C)=C/C=C/C1CCCCC1)=NCC)=C(/C)N. The van der Waals surface area contributed by atoms with Gasteiger partial charge in [0.15, 0.2) is 0 Å². The minimum absolute atomic E-state index is 0.0451. The molecule has 1 aliphatic carbocycles. The number of allylic oxidation sites excluding steroid dienone is 8. The summed E-state index contributed by atoms with van der Waals surface area (Å²) in [5, 5.41) is 0. The third kappa shape index (κ3) is 8.86. The second-order valence-corrected chi connectivity index (χ2v) is 8.65. The molecule has 28 heavy (non-hydrogen) atoms. The zero-order chi connectivity index (χ0) is 21.0. The lowest BCUT2D eigenvalue weighted by atomic mass is 9.79. The molecular weight excluding hydrogens is 342 g/mol. The quantitative estimate of drug-likeness (QED) is 0.328. The molecule has 2 N–H and O–H groups in total. The molecular formula is C25H41N3. The van der Waals surface area contributed by atoms with Crippen molar-refractivity contribution in [1.29, 1.82) is 0 Å². The van der Waals surface area contributed by atoms with Crippen LogP contribution in [0.4, 0.5) is 0 Å². The summed E-state index contributed by atoms with van der Waals surface area (Å²) < 4.78 is 0. The molecule has 0 aliphatic heterocycles. The minimum atomic E-state index is 0.0451. The Kier molecular flexibility index (Phi) is 10.8. The molecule has 0 bridgehead atoms. The van der Waals surface area contributed by atoms with Crippen LogP contribution in [0.25, 0.3) is 0 Å². The van der Waals surface area contributed by atoms with Crippen LogP contribution in [0.5, 0.6) is 0 Å². The maximum absolute atomic E-state index is 6.02. The van der Waals surface area contributed by atoms with Crippen LogP contribution in [0.3, 0.4) is 0 Å². The molecule has 156 valence electrons. The van der Waals surface area contributed by atoms with Gasteiger partial charge in [0, 0.05) is 12.2 Å². The van der Waals surface area contributed by atoms with Gasteiger partial charge in [-0.1, -0.05) is 63.5 Å². The van der Waals surface area contributed by atoms with Crippen LogP contribution in [0.2, 0.25) is 0 Å². The second-order valence-electron chi connectivity index (χ2n) is 8.65. The monoisotopic (exact) mass is 383 g/mol. The van der Waals surface area contributed by atoms with Crippen molar-refractivity contribution in [1.82, 2.24) is 0 Å². The maximum Gasteiger partial charge on any atom is 0.102 e. The largest absolute Gasteiger partial charge is 0.400 e. The Morgan fingerprint density at radius 2 is 1.86 bits per heavy atom. The summed E-state index contributed by atoms with van der Waals surface area (Å²) in [4.78, 5) is 8.81. The number of aliphatic imine (C=N–C) groups is 2. The Bertz CT molecular complexity index is 635. The molecule has 1 fully saturated rings. The third-order valence-electron chi connectivity index (χ3n) is 5.21. The van der Waals surface area contributed by atoms with Gasteiger partial charge in [0.25, 0.3) is 0 Å². The summed E-state index contributed by atoms with van der Waals surface area (Å²) in [5.41, 5.74) is 9.78. The van der Waals surface area contributed by atoms with Crippen molar-refractivity contribution < 1.29 is 0 Å². The van der Waals surface area contributed by atoms with Crippen molar-refractivity contribution in [2.24, 2.45) is 27.1 Å². The molecule has 3 heteroatoms. The topological polar surface area (TPSA) is 50.7 Å². The lowest BCUT2D eigenvalue weighted by molar-refractivity contribution is 0.382. The molecule has 0 spiro atoms. The maximum atomic E-state index is 6.02. The van der Waals surface area contributed by atoms with Crippen molar-refractivity contribution >= 4 is 12.4 Å². The number of nitrogens with zero attached hydrogens (tertiary/aromatic N) is 2. The van der Waals surface area contributed by atoms with Crippen LogP contribution < -0.4 is 5.73 Å². The molecule has 3 nitrogen and oxygen atoms in total. The van der Waals surface area contributed by atoms with Crippen molar-refractivity contribution in [3.05, 3.63) is 47.3 Å². The van der Waals surface area contributed by atoms with E-state index in [2.05, 4.69) is 67.9 Å². The number of hydrogen-bond acceptors (Lipinski definition) is 3. The van der Waals surface area contributed by atoms with E-state index < -0.39 is 0 Å². The van der Waals surface area contributed by atoms with E-state index in [9.17, 15) is 0 Å². The Morgan fingerprint density at radius 3 is 2.39 bits per heavy atom. The van der Waals surface area contributed by atoms with E-state index in [1.165, 1.54) is 37.7 Å². The average Bonchev–Trinajstić information content (AvgIpc) is 2.62. The van der Waals surface area contributed by atoms with E-state index >= 15 is 0 Å². The summed E-state index contributed by atoms with van der Waals surface area (Å²) in [6.45, 7) is 15.0. The highest BCUT2D eigenvalue weighted by Gasteiger charge is 2.23. The molecule has 0 aromatic rings. The predicted molar refractivity (Wildman–Crippen MR) is 126 cm³/mol. The normalized spacial score (nSPS) is 18.8. The van der Waals surface area contributed by atoms with Crippen LogP contribution >= 0.6 is 0 Å². The zero-order valence-corrected chi connectivity index (χ0v) is 18.8. The number of hydrogen-bond donors (Lipinski definition) is 1. The number of nitrogens with two attached hydrogens (primary N) is 1. The van der Waals surface area contributed by atoms with E-state index in [0.29, 0.717) is 5.70 Å². The van der Waals surface area contributed by atoms with Crippen LogP contribution in [-0.2, 0) is 0 Å². The van der Waals surface area contributed by atoms with Gasteiger partial charge in [-0.25, -0.2) is 0 Å². The first-order valence-corrected chi connectivity index (χ1v) is 10.8. The number of rotatable bonds is 10. The first-order valence-electron chi connectivity index (χ1n) is 10.8. The predicted octanol–water partition coefficient (Wildman–Crippen LogP) is 6.78. The van der Waals surface area contributed by atoms with Crippen molar-refractivity contribution in [3.63, 3.8) is 0 Å². The molecule has 0 aromatic heterocycles.